The van der Waals surface area contributed by atoms with E-state index in [-0.39, 0.29) is 5.91 Å². The van der Waals surface area contributed by atoms with E-state index in [9.17, 15) is 4.79 Å². The van der Waals surface area contributed by atoms with Crippen LogP contribution in [0.4, 0.5) is 5.69 Å². The summed E-state index contributed by atoms with van der Waals surface area (Å²) in [6.45, 7) is 0. The number of benzene rings is 1. The normalized spacial score (nSPS) is 20.9. The highest BCUT2D eigenvalue weighted by Gasteiger charge is 2.25. The Bertz CT molecular complexity index is 350. The minimum absolute atomic E-state index is 0.0400. The Morgan fingerprint density at radius 2 is 2.15 bits per heavy atom. The molecule has 0 bridgehead atoms. The molecule has 0 radical (unpaired) electrons. The van der Waals surface area contributed by atoms with Gasteiger partial charge in [-0.2, -0.15) is 0 Å². The van der Waals surface area contributed by atoms with Gasteiger partial charge in [-0.3, -0.25) is 10.5 Å². The van der Waals surface area contributed by atoms with Crippen LogP contribution >= 0.6 is 0 Å². The van der Waals surface area contributed by atoms with E-state index in [1.165, 1.54) is 4.90 Å². The molecule has 1 unspecified atom stereocenters. The van der Waals surface area contributed by atoms with Gasteiger partial charge in [0, 0.05) is 12.7 Å². The van der Waals surface area contributed by atoms with E-state index in [0.717, 1.165) is 5.69 Å². The second-order valence-electron chi connectivity index (χ2n) is 3.05. The van der Waals surface area contributed by atoms with E-state index in [1.807, 2.05) is 18.2 Å². The van der Waals surface area contributed by atoms with E-state index in [2.05, 4.69) is 5.32 Å². The molecule has 1 aliphatic rings. The standard InChI is InChI=1S/C9H11N3O/c1-12-8(13)6-4-2-3-5-7(6)11-9(12)10/h2-5,9,11H,10H2,1H3. The summed E-state index contributed by atoms with van der Waals surface area (Å²) in [4.78, 5) is 13.1. The van der Waals surface area contributed by atoms with Gasteiger partial charge in [0.05, 0.1) is 5.56 Å². The molecule has 1 aromatic carbocycles. The monoisotopic (exact) mass is 177 g/mol. The van der Waals surface area contributed by atoms with E-state index >= 15 is 0 Å². The molecular formula is C9H11N3O. The van der Waals surface area contributed by atoms with Crippen molar-refractivity contribution in [2.24, 2.45) is 5.73 Å². The molecule has 4 nitrogen and oxygen atoms in total. The summed E-state index contributed by atoms with van der Waals surface area (Å²) in [7, 11) is 1.68. The minimum Gasteiger partial charge on any atom is -0.352 e. The lowest BCUT2D eigenvalue weighted by atomic mass is 10.1. The van der Waals surface area contributed by atoms with Crippen molar-refractivity contribution in [2.75, 3.05) is 12.4 Å². The molecule has 1 aromatic rings. The van der Waals surface area contributed by atoms with Crippen molar-refractivity contribution >= 4 is 11.6 Å². The zero-order valence-electron chi connectivity index (χ0n) is 7.32. The van der Waals surface area contributed by atoms with Crippen molar-refractivity contribution in [1.29, 1.82) is 0 Å². The van der Waals surface area contributed by atoms with Crippen molar-refractivity contribution in [2.45, 2.75) is 6.29 Å². The number of rotatable bonds is 0. The van der Waals surface area contributed by atoms with E-state index < -0.39 is 6.29 Å². The van der Waals surface area contributed by atoms with Gasteiger partial charge in [0.2, 0.25) is 0 Å². The lowest BCUT2D eigenvalue weighted by molar-refractivity contribution is 0.0740. The van der Waals surface area contributed by atoms with Crippen LogP contribution in [-0.2, 0) is 0 Å². The second-order valence-corrected chi connectivity index (χ2v) is 3.05. The van der Waals surface area contributed by atoms with Gasteiger partial charge in [-0.25, -0.2) is 0 Å². The van der Waals surface area contributed by atoms with Crippen LogP contribution in [0.1, 0.15) is 10.4 Å². The number of amides is 1. The molecule has 0 spiro atoms. The van der Waals surface area contributed by atoms with Crippen molar-refractivity contribution in [3.63, 3.8) is 0 Å². The molecule has 1 heterocycles. The lowest BCUT2D eigenvalue weighted by Gasteiger charge is -2.32. The molecule has 1 amide bonds. The maximum absolute atomic E-state index is 11.6. The van der Waals surface area contributed by atoms with Gasteiger partial charge in [0.15, 0.2) is 6.29 Å². The molecule has 0 saturated carbocycles. The minimum atomic E-state index is -0.428. The van der Waals surface area contributed by atoms with Crippen LogP contribution < -0.4 is 11.1 Å². The summed E-state index contributed by atoms with van der Waals surface area (Å²) in [5.41, 5.74) is 7.15. The number of nitrogens with zero attached hydrogens (tertiary/aromatic N) is 1. The maximum atomic E-state index is 11.6. The van der Waals surface area contributed by atoms with Crippen LogP contribution in [0.5, 0.6) is 0 Å². The number of carbonyl (C=O) groups is 1. The summed E-state index contributed by atoms with van der Waals surface area (Å²) in [6, 6.07) is 7.34. The average Bonchev–Trinajstić information content (AvgIpc) is 2.15. The molecule has 13 heavy (non-hydrogen) atoms. The van der Waals surface area contributed by atoms with Gasteiger partial charge >= 0.3 is 0 Å². The first-order valence-electron chi connectivity index (χ1n) is 4.08. The third kappa shape index (κ3) is 1.15. The van der Waals surface area contributed by atoms with Crippen molar-refractivity contribution < 1.29 is 4.79 Å². The fourth-order valence-corrected chi connectivity index (χ4v) is 1.37. The number of nitrogens with one attached hydrogen (secondary N) is 1. The Labute approximate surface area is 76.3 Å². The molecule has 1 atom stereocenters. The van der Waals surface area contributed by atoms with Gasteiger partial charge < -0.3 is 10.2 Å². The summed E-state index contributed by atoms with van der Waals surface area (Å²) in [5, 5.41) is 3.02. The zero-order valence-corrected chi connectivity index (χ0v) is 7.32. The third-order valence-electron chi connectivity index (χ3n) is 2.20. The highest BCUT2D eigenvalue weighted by Crippen LogP contribution is 2.21. The van der Waals surface area contributed by atoms with Crippen LogP contribution in [-0.4, -0.2) is 24.1 Å². The fourth-order valence-electron chi connectivity index (χ4n) is 1.37. The third-order valence-corrected chi connectivity index (χ3v) is 2.20. The number of fused-ring (bicyclic) bond motifs is 1. The lowest BCUT2D eigenvalue weighted by Crippen LogP contribution is -2.51. The molecule has 2 rings (SSSR count). The summed E-state index contributed by atoms with van der Waals surface area (Å²) >= 11 is 0. The molecule has 4 heteroatoms. The summed E-state index contributed by atoms with van der Waals surface area (Å²) < 4.78 is 0. The van der Waals surface area contributed by atoms with Gasteiger partial charge in [-0.1, -0.05) is 12.1 Å². The van der Waals surface area contributed by atoms with Gasteiger partial charge in [0.25, 0.3) is 5.91 Å². The molecule has 0 fully saturated rings. The van der Waals surface area contributed by atoms with E-state index in [1.54, 1.807) is 13.1 Å². The number of carbonyl (C=O) groups excluding carboxylic acids is 1. The van der Waals surface area contributed by atoms with E-state index in [4.69, 9.17) is 5.73 Å². The quantitative estimate of drug-likeness (QED) is 0.604. The maximum Gasteiger partial charge on any atom is 0.258 e. The predicted octanol–water partition coefficient (Wildman–Crippen LogP) is 0.426. The molecule has 0 aliphatic carbocycles. The highest BCUT2D eigenvalue weighted by molar-refractivity contribution is 6.01. The smallest absolute Gasteiger partial charge is 0.258 e. The molecule has 68 valence electrons. The second kappa shape index (κ2) is 2.74. The topological polar surface area (TPSA) is 58.4 Å². The molecule has 0 saturated heterocycles. The highest BCUT2D eigenvalue weighted by atomic mass is 16.2. The summed E-state index contributed by atoms with van der Waals surface area (Å²) in [6.07, 6.45) is -0.428. The Morgan fingerprint density at radius 3 is 2.92 bits per heavy atom. The zero-order chi connectivity index (χ0) is 9.42. The van der Waals surface area contributed by atoms with Gasteiger partial charge in [0.1, 0.15) is 0 Å². The first-order chi connectivity index (χ1) is 6.20. The molecule has 3 N–H and O–H groups in total. The number of hydrogen-bond donors (Lipinski definition) is 2. The Kier molecular flexibility index (Phi) is 1.70. The van der Waals surface area contributed by atoms with Crippen molar-refractivity contribution in [3.8, 4) is 0 Å². The van der Waals surface area contributed by atoms with Crippen LogP contribution in [0, 0.1) is 0 Å². The van der Waals surface area contributed by atoms with Crippen molar-refractivity contribution in [1.82, 2.24) is 4.90 Å². The van der Waals surface area contributed by atoms with Crippen LogP contribution in [0.2, 0.25) is 0 Å². The Balaban J connectivity index is 2.49. The number of para-hydroxylation sites is 1. The first-order valence-corrected chi connectivity index (χ1v) is 4.08. The van der Waals surface area contributed by atoms with Crippen LogP contribution in [0.25, 0.3) is 0 Å². The predicted molar refractivity (Wildman–Crippen MR) is 50.1 cm³/mol. The fraction of sp³-hybridized carbons (Fsp3) is 0.222. The Hall–Kier alpha value is -1.55. The van der Waals surface area contributed by atoms with Crippen molar-refractivity contribution in [3.05, 3.63) is 29.8 Å². The molecule has 1 aliphatic heterocycles. The van der Waals surface area contributed by atoms with Crippen LogP contribution in [0.15, 0.2) is 24.3 Å². The molecular weight excluding hydrogens is 166 g/mol. The largest absolute Gasteiger partial charge is 0.352 e. The van der Waals surface area contributed by atoms with Gasteiger partial charge in [-0.15, -0.1) is 0 Å². The SMILES string of the molecule is CN1C(=O)c2ccccc2NC1N. The van der Waals surface area contributed by atoms with Gasteiger partial charge in [-0.05, 0) is 12.1 Å². The molecule has 0 aromatic heterocycles. The number of anilines is 1. The number of nitrogens with two attached hydrogens (primary N) is 1. The number of hydrogen-bond acceptors (Lipinski definition) is 3. The first kappa shape index (κ1) is 8.07. The van der Waals surface area contributed by atoms with E-state index in [0.29, 0.717) is 5.56 Å². The average molecular weight is 177 g/mol. The Morgan fingerprint density at radius 1 is 1.46 bits per heavy atom. The summed E-state index contributed by atoms with van der Waals surface area (Å²) in [5.74, 6) is -0.0400. The van der Waals surface area contributed by atoms with Crippen LogP contribution in [0.3, 0.4) is 0 Å².